The van der Waals surface area contributed by atoms with E-state index < -0.39 is 0 Å². The van der Waals surface area contributed by atoms with Crippen LogP contribution in [-0.4, -0.2) is 193 Å². The molecule has 0 spiro atoms. The van der Waals surface area contributed by atoms with Gasteiger partial charge in [-0.3, -0.25) is 34.2 Å². The number of benzene rings is 5. The Morgan fingerprint density at radius 3 is 1.24 bits per heavy atom. The van der Waals surface area contributed by atoms with Crippen LogP contribution in [0.15, 0.2) is 201 Å². The number of nitrogens with zero attached hydrogens (tertiary/aromatic N) is 13. The standard InChI is InChI=1S/2C32H35ClN6O2.C19H27N5O2/c2*33-26-10-11-27-25(19-26)9-8-24-7-4-12-36-30(24)31(27)38-16-13-34-28(21-38)32(41)39(20-23-5-2-1-3-6-23)18-17-37-15-14-35-29(37)22-40;25-15-18-22-9-12-23(18)10-4-11-24(14-16-5-2-1-3-6-16)19(26)17-13-20-7-8-21-17/h2*1-7,10-12,14-15,19,28,31,34,40H,8-9,13,16-18,20-22H2;1-3,5-6,9,12,17,20-21,25H,4,7-8,10-11,13-15H2/t28-,31+;28-,31-;17-/m111/s1. The molecule has 3 aliphatic heterocycles. The van der Waals surface area contributed by atoms with E-state index in [1.165, 1.54) is 33.4 Å². The van der Waals surface area contributed by atoms with Crippen molar-refractivity contribution in [1.82, 2.24) is 84.4 Å². The predicted octanol–water partition coefficient (Wildman–Crippen LogP) is 7.58. The van der Waals surface area contributed by atoms with Crippen molar-refractivity contribution in [3.05, 3.63) is 290 Å². The first-order valence-corrected chi connectivity index (χ1v) is 38.4. The van der Waals surface area contributed by atoms with E-state index in [1.54, 1.807) is 18.6 Å². The van der Waals surface area contributed by atoms with Crippen LogP contribution >= 0.6 is 23.2 Å². The number of aryl methyl sites for hydroxylation is 5. The fourth-order valence-corrected chi connectivity index (χ4v) is 15.9. The summed E-state index contributed by atoms with van der Waals surface area (Å²) in [5.41, 5.74) is 12.8. The minimum atomic E-state index is -0.362. The summed E-state index contributed by atoms with van der Waals surface area (Å²) in [6, 6.07) is 50.0. The van der Waals surface area contributed by atoms with Gasteiger partial charge < -0.3 is 65.0 Å². The molecule has 5 aliphatic rings. The molecule has 2 aliphatic carbocycles. The van der Waals surface area contributed by atoms with E-state index in [9.17, 15) is 29.7 Å². The monoisotopic (exact) mass is 1500 g/mol. The van der Waals surface area contributed by atoms with Crippen molar-refractivity contribution in [3.63, 3.8) is 0 Å². The molecule has 3 amide bonds. The molecule has 0 radical (unpaired) electrons. The highest BCUT2D eigenvalue weighted by Gasteiger charge is 2.39. The van der Waals surface area contributed by atoms with E-state index >= 15 is 0 Å². The van der Waals surface area contributed by atoms with Crippen LogP contribution in [0.3, 0.4) is 0 Å². The third-order valence-electron chi connectivity index (χ3n) is 21.0. The van der Waals surface area contributed by atoms with Gasteiger partial charge in [0.1, 0.15) is 37.3 Å². The van der Waals surface area contributed by atoms with Gasteiger partial charge >= 0.3 is 0 Å². The third-order valence-corrected chi connectivity index (χ3v) is 21.5. The normalized spacial score (nSPS) is 18.4. The van der Waals surface area contributed by atoms with Crippen molar-refractivity contribution in [2.24, 2.45) is 0 Å². The number of imidazole rings is 3. The zero-order valence-electron chi connectivity index (χ0n) is 61.0. The van der Waals surface area contributed by atoms with E-state index in [-0.39, 0.29) is 67.8 Å². The topological polar surface area (TPSA) is 255 Å². The summed E-state index contributed by atoms with van der Waals surface area (Å²) in [7, 11) is 0. The quantitative estimate of drug-likeness (QED) is 0.0308. The predicted molar refractivity (Wildman–Crippen MR) is 416 cm³/mol. The highest BCUT2D eigenvalue weighted by Crippen LogP contribution is 2.39. The van der Waals surface area contributed by atoms with Gasteiger partial charge in [0, 0.05) is 177 Å². The molecule has 5 aromatic heterocycles. The molecule has 7 N–H and O–H groups in total. The maximum Gasteiger partial charge on any atom is 0.241 e. The number of pyridine rings is 2. The minimum Gasteiger partial charge on any atom is -0.388 e. The van der Waals surface area contributed by atoms with Gasteiger partial charge in [-0.15, -0.1) is 0 Å². The molecule has 564 valence electrons. The second-order valence-corrected chi connectivity index (χ2v) is 28.8. The number of aromatic nitrogens is 8. The van der Waals surface area contributed by atoms with Crippen LogP contribution in [0.1, 0.15) is 97.4 Å². The van der Waals surface area contributed by atoms with Crippen molar-refractivity contribution in [1.29, 1.82) is 0 Å². The van der Waals surface area contributed by atoms with Crippen LogP contribution in [0.25, 0.3) is 0 Å². The van der Waals surface area contributed by atoms with Gasteiger partial charge in [-0.2, -0.15) is 0 Å². The number of carbonyl (C=O) groups excluding carboxylic acids is 3. The molecule has 15 rings (SSSR count). The average molecular weight is 1500 g/mol. The summed E-state index contributed by atoms with van der Waals surface area (Å²) in [6.07, 6.45) is 18.8. The van der Waals surface area contributed by atoms with Crippen molar-refractivity contribution in [3.8, 4) is 0 Å². The fraction of sp³-hybridized carbons (Fsp3) is 0.373. The van der Waals surface area contributed by atoms with Gasteiger partial charge in [0.15, 0.2) is 0 Å². The molecule has 0 unspecified atom stereocenters. The Bertz CT molecular complexity index is 4320. The molecular formula is C83H97Cl2N17O6. The number of amides is 3. The number of aliphatic hydroxyl groups excluding tert-OH is 3. The summed E-state index contributed by atoms with van der Waals surface area (Å²) in [4.78, 5) is 74.2. The van der Waals surface area contributed by atoms with Gasteiger partial charge in [0.05, 0.1) is 41.6 Å². The number of hydrogen-bond acceptors (Lipinski definition) is 17. The number of aliphatic hydroxyl groups is 3. The second kappa shape index (κ2) is 38.1. The lowest BCUT2D eigenvalue weighted by Crippen LogP contribution is -2.58. The number of rotatable bonds is 24. The van der Waals surface area contributed by atoms with Crippen molar-refractivity contribution in [2.45, 2.75) is 121 Å². The first-order chi connectivity index (χ1) is 53.0. The first-order valence-electron chi connectivity index (χ1n) is 37.6. The lowest BCUT2D eigenvalue weighted by Gasteiger charge is -2.40. The summed E-state index contributed by atoms with van der Waals surface area (Å²) in [5.74, 6) is 2.11. The molecule has 5 atom stereocenters. The average Bonchev–Trinajstić information content (AvgIpc) is 1.53. The van der Waals surface area contributed by atoms with Gasteiger partial charge in [-0.1, -0.05) is 138 Å². The lowest BCUT2D eigenvalue weighted by atomic mass is 9.95. The molecule has 0 saturated carbocycles. The fourth-order valence-electron chi connectivity index (χ4n) is 15.5. The Morgan fingerprint density at radius 1 is 0.426 bits per heavy atom. The van der Waals surface area contributed by atoms with Crippen LogP contribution in [0.5, 0.6) is 0 Å². The number of fused-ring (bicyclic) bond motifs is 4. The number of nitrogens with one attached hydrogen (secondary N) is 4. The zero-order valence-corrected chi connectivity index (χ0v) is 62.5. The Hall–Kier alpha value is -9.34. The van der Waals surface area contributed by atoms with E-state index in [2.05, 4.69) is 82.4 Å². The van der Waals surface area contributed by atoms with Crippen LogP contribution in [-0.2, 0) is 99.2 Å². The Morgan fingerprint density at radius 2 is 0.824 bits per heavy atom. The van der Waals surface area contributed by atoms with Gasteiger partial charge in [-0.05, 0) is 119 Å². The van der Waals surface area contributed by atoms with Gasteiger partial charge in [0.25, 0.3) is 0 Å². The molecule has 8 heterocycles. The SMILES string of the molecule is O=C([C@H]1CN([C@@H]2c3ccc(Cl)cc3CCc3cccnc32)CCN1)N(CCn1ccnc1CO)Cc1ccccc1.O=C([C@H]1CN([C@H]2c3ccc(Cl)cc3CCc3cccnc32)CCN1)N(CCn1ccnc1CO)Cc1ccccc1.O=C([C@H]1CNCCN1)N(CCCn1ccnc1CO)Cc1ccccc1. The molecule has 25 heteroatoms. The van der Waals surface area contributed by atoms with Crippen LogP contribution in [0.4, 0.5) is 0 Å². The highest BCUT2D eigenvalue weighted by molar-refractivity contribution is 6.31. The Kier molecular flexibility index (Phi) is 27.1. The first kappa shape index (κ1) is 76.8. The Labute approximate surface area is 641 Å². The van der Waals surface area contributed by atoms with E-state index in [1.807, 2.05) is 175 Å². The maximum absolute atomic E-state index is 14.2. The largest absolute Gasteiger partial charge is 0.388 e. The van der Waals surface area contributed by atoms with Crippen molar-refractivity contribution >= 4 is 40.9 Å². The number of piperazine rings is 3. The molecule has 0 bridgehead atoms. The molecule has 108 heavy (non-hydrogen) atoms. The molecule has 3 fully saturated rings. The summed E-state index contributed by atoms with van der Waals surface area (Å²) >= 11 is 12.8. The maximum atomic E-state index is 14.2. The summed E-state index contributed by atoms with van der Waals surface area (Å²) < 4.78 is 5.75. The molecular weight excluding hydrogens is 1400 g/mol. The number of halogens is 2. The number of hydrogen-bond donors (Lipinski definition) is 7. The van der Waals surface area contributed by atoms with Gasteiger partial charge in [-0.25, -0.2) is 15.0 Å². The zero-order chi connectivity index (χ0) is 74.6. The molecule has 23 nitrogen and oxygen atoms in total. The third kappa shape index (κ3) is 19.6. The van der Waals surface area contributed by atoms with Crippen LogP contribution < -0.4 is 21.3 Å². The van der Waals surface area contributed by atoms with E-state index in [0.717, 1.165) is 103 Å². The molecule has 10 aromatic rings. The lowest BCUT2D eigenvalue weighted by molar-refractivity contribution is -0.136. The molecule has 3 saturated heterocycles. The smallest absolute Gasteiger partial charge is 0.241 e. The Balaban J connectivity index is 0.000000147. The van der Waals surface area contributed by atoms with Crippen LogP contribution in [0, 0.1) is 0 Å². The van der Waals surface area contributed by atoms with Gasteiger partial charge in [0.2, 0.25) is 17.7 Å². The van der Waals surface area contributed by atoms with E-state index in [0.29, 0.717) is 103 Å². The summed E-state index contributed by atoms with van der Waals surface area (Å²) in [6.45, 7) is 11.3. The second-order valence-electron chi connectivity index (χ2n) is 28.0. The molecule has 5 aromatic carbocycles. The highest BCUT2D eigenvalue weighted by atomic mass is 35.5. The van der Waals surface area contributed by atoms with Crippen molar-refractivity contribution in [2.75, 3.05) is 78.5 Å². The van der Waals surface area contributed by atoms with Crippen LogP contribution in [0.2, 0.25) is 10.0 Å². The summed E-state index contributed by atoms with van der Waals surface area (Å²) in [5, 5.41) is 43.7. The minimum absolute atomic E-state index is 0.0426. The van der Waals surface area contributed by atoms with E-state index in [4.69, 9.17) is 33.2 Å². The van der Waals surface area contributed by atoms with Crippen molar-refractivity contribution < 1.29 is 29.7 Å². The number of carbonyl (C=O) groups is 3.